The molecule has 1 aromatic heterocycles. The molecule has 0 saturated carbocycles. The number of carbonyl (C=O) groups is 1. The fraction of sp³-hybridized carbons (Fsp3) is 0.571. The molecule has 0 radical (unpaired) electrons. The Labute approximate surface area is 134 Å². The number of rotatable bonds is 6. The summed E-state index contributed by atoms with van der Waals surface area (Å²) in [6, 6.07) is 2.78. The number of nitrogens with one attached hydrogen (secondary N) is 1. The van der Waals surface area contributed by atoms with Crippen molar-refractivity contribution in [2.75, 3.05) is 26.2 Å². The van der Waals surface area contributed by atoms with E-state index in [0.29, 0.717) is 5.56 Å². The minimum absolute atomic E-state index is 0.0357. The van der Waals surface area contributed by atoms with Crippen LogP contribution in [0.15, 0.2) is 18.3 Å². The molecule has 0 atom stereocenters. The first kappa shape index (κ1) is 18.4. The second-order valence-corrected chi connectivity index (χ2v) is 5.50. The molecule has 0 unspecified atom stereocenters. The van der Waals surface area contributed by atoms with Crippen LogP contribution < -0.4 is 10.1 Å². The van der Waals surface area contributed by atoms with Gasteiger partial charge in [0.2, 0.25) is 11.8 Å². The minimum Gasteiger partial charge on any atom is -0.468 e. The lowest BCUT2D eigenvalue weighted by Gasteiger charge is -2.15. The largest absolute Gasteiger partial charge is 0.468 e. The van der Waals surface area contributed by atoms with Gasteiger partial charge >= 0.3 is 6.18 Å². The number of likely N-dealkylation sites (tertiary alicyclic amines) is 1. The zero-order chi connectivity index (χ0) is 17.8. The van der Waals surface area contributed by atoms with E-state index >= 15 is 0 Å². The second-order valence-electron chi connectivity index (χ2n) is 5.50. The minimum atomic E-state index is -4.47. The topological polar surface area (TPSA) is 54.5 Å². The van der Waals surface area contributed by atoms with Gasteiger partial charge in [0.25, 0.3) is 5.92 Å². The van der Waals surface area contributed by atoms with Crippen LogP contribution in [0.4, 0.5) is 22.0 Å². The van der Waals surface area contributed by atoms with Crippen molar-refractivity contribution in [2.24, 2.45) is 0 Å². The van der Waals surface area contributed by atoms with E-state index in [1.54, 1.807) is 0 Å². The lowest BCUT2D eigenvalue weighted by Crippen LogP contribution is -2.36. The molecule has 0 aromatic carbocycles. The fourth-order valence-corrected chi connectivity index (χ4v) is 2.20. The van der Waals surface area contributed by atoms with Crippen molar-refractivity contribution in [2.45, 2.75) is 25.1 Å². The van der Waals surface area contributed by atoms with Crippen LogP contribution >= 0.6 is 0 Å². The maximum absolute atomic E-state index is 13.0. The Balaban J connectivity index is 1.78. The van der Waals surface area contributed by atoms with Crippen molar-refractivity contribution in [3.8, 4) is 5.88 Å². The third-order valence-corrected chi connectivity index (χ3v) is 3.29. The predicted octanol–water partition coefficient (Wildman–Crippen LogP) is 1.98. The highest BCUT2D eigenvalue weighted by Gasteiger charge is 2.38. The molecule has 1 N–H and O–H groups in total. The van der Waals surface area contributed by atoms with E-state index in [-0.39, 0.29) is 31.9 Å². The third-order valence-electron chi connectivity index (χ3n) is 3.29. The number of ether oxygens (including phenoxy) is 1. The molecule has 1 aromatic rings. The maximum atomic E-state index is 13.0. The van der Waals surface area contributed by atoms with Gasteiger partial charge in [-0.05, 0) is 11.6 Å². The molecule has 1 saturated heterocycles. The van der Waals surface area contributed by atoms with Crippen LogP contribution in [0.3, 0.4) is 0 Å². The summed E-state index contributed by atoms with van der Waals surface area (Å²) < 4.78 is 66.8. The Morgan fingerprint density at radius 1 is 1.42 bits per heavy atom. The average Bonchev–Trinajstić information content (AvgIpc) is 2.82. The van der Waals surface area contributed by atoms with Crippen molar-refractivity contribution in [1.82, 2.24) is 15.2 Å². The van der Waals surface area contributed by atoms with Crippen LogP contribution in [0, 0.1) is 0 Å². The summed E-state index contributed by atoms with van der Waals surface area (Å²) in [5.74, 6) is -3.42. The molecule has 1 aliphatic heterocycles. The Morgan fingerprint density at radius 3 is 2.79 bits per heavy atom. The van der Waals surface area contributed by atoms with Crippen molar-refractivity contribution < 1.29 is 31.5 Å². The van der Waals surface area contributed by atoms with Gasteiger partial charge in [-0.2, -0.15) is 13.2 Å². The summed E-state index contributed by atoms with van der Waals surface area (Å²) in [7, 11) is 0. The Hall–Kier alpha value is -1.97. The van der Waals surface area contributed by atoms with E-state index in [9.17, 15) is 26.7 Å². The Morgan fingerprint density at radius 2 is 2.17 bits per heavy atom. The van der Waals surface area contributed by atoms with Crippen LogP contribution in [0.2, 0.25) is 0 Å². The molecule has 24 heavy (non-hydrogen) atoms. The molecule has 2 heterocycles. The number of aromatic nitrogens is 1. The summed E-state index contributed by atoms with van der Waals surface area (Å²) in [5, 5.41) is 2.52. The van der Waals surface area contributed by atoms with Gasteiger partial charge in [0.15, 0.2) is 6.61 Å². The Bertz CT molecular complexity index is 580. The smallest absolute Gasteiger partial charge is 0.422 e. The first-order chi connectivity index (χ1) is 11.1. The maximum Gasteiger partial charge on any atom is 0.422 e. The lowest BCUT2D eigenvalue weighted by molar-refractivity contribution is -0.154. The van der Waals surface area contributed by atoms with Gasteiger partial charge in [0.1, 0.15) is 0 Å². The van der Waals surface area contributed by atoms with Gasteiger partial charge in [0, 0.05) is 31.8 Å². The lowest BCUT2D eigenvalue weighted by atomic mass is 10.2. The van der Waals surface area contributed by atoms with Crippen LogP contribution in [-0.2, 0) is 11.3 Å². The van der Waals surface area contributed by atoms with Gasteiger partial charge in [-0.1, -0.05) is 0 Å². The highest BCUT2D eigenvalue weighted by molar-refractivity contribution is 5.78. The van der Waals surface area contributed by atoms with Crippen molar-refractivity contribution in [3.05, 3.63) is 23.9 Å². The number of carbonyl (C=O) groups excluding carboxylic acids is 1. The molecule has 1 aliphatic rings. The quantitative estimate of drug-likeness (QED) is 0.795. The molecule has 10 heteroatoms. The monoisotopic (exact) mass is 353 g/mol. The number of nitrogens with zero attached hydrogens (tertiary/aromatic N) is 2. The summed E-state index contributed by atoms with van der Waals surface area (Å²) >= 11 is 0. The van der Waals surface area contributed by atoms with Gasteiger partial charge in [0.05, 0.1) is 13.1 Å². The zero-order valence-corrected chi connectivity index (χ0v) is 12.6. The van der Waals surface area contributed by atoms with E-state index in [0.717, 1.165) is 0 Å². The summed E-state index contributed by atoms with van der Waals surface area (Å²) in [6.07, 6.45) is -3.48. The summed E-state index contributed by atoms with van der Waals surface area (Å²) in [4.78, 5) is 16.7. The molecular weight excluding hydrogens is 337 g/mol. The number of hydrogen-bond acceptors (Lipinski definition) is 4. The molecule has 5 nitrogen and oxygen atoms in total. The Kier molecular flexibility index (Phi) is 5.58. The molecule has 1 amide bonds. The molecule has 2 rings (SSSR count). The number of hydrogen-bond donors (Lipinski definition) is 1. The molecule has 0 bridgehead atoms. The van der Waals surface area contributed by atoms with E-state index in [2.05, 4.69) is 15.0 Å². The number of amides is 1. The number of halogens is 5. The van der Waals surface area contributed by atoms with Crippen molar-refractivity contribution in [1.29, 1.82) is 0 Å². The van der Waals surface area contributed by atoms with Crippen molar-refractivity contribution >= 4 is 5.91 Å². The predicted molar refractivity (Wildman–Crippen MR) is 73.6 cm³/mol. The van der Waals surface area contributed by atoms with E-state index in [1.165, 1.54) is 23.2 Å². The van der Waals surface area contributed by atoms with Gasteiger partial charge < -0.3 is 10.1 Å². The van der Waals surface area contributed by atoms with Crippen LogP contribution in [0.5, 0.6) is 5.88 Å². The zero-order valence-electron chi connectivity index (χ0n) is 12.6. The van der Waals surface area contributed by atoms with Crippen molar-refractivity contribution in [3.63, 3.8) is 0 Å². The molecule has 0 aliphatic carbocycles. The normalized spacial score (nSPS) is 17.7. The molecule has 0 spiro atoms. The highest BCUT2D eigenvalue weighted by atomic mass is 19.4. The second kappa shape index (κ2) is 7.29. The SMILES string of the molecule is O=C(CN1CCC(F)(F)C1)NCc1ccnc(OCC(F)(F)F)c1. The highest BCUT2D eigenvalue weighted by Crippen LogP contribution is 2.26. The third kappa shape index (κ3) is 6.26. The van der Waals surface area contributed by atoms with Crippen LogP contribution in [0.1, 0.15) is 12.0 Å². The van der Waals surface area contributed by atoms with Gasteiger partial charge in [-0.15, -0.1) is 0 Å². The average molecular weight is 353 g/mol. The van der Waals surface area contributed by atoms with E-state index in [1.807, 2.05) is 0 Å². The van der Waals surface area contributed by atoms with Gasteiger partial charge in [-0.25, -0.2) is 13.8 Å². The standard InChI is InChI=1S/C14H16F5N3O2/c15-13(16)2-4-22(8-13)7-11(23)21-6-10-1-3-20-12(5-10)24-9-14(17,18)19/h1,3,5H,2,4,6-9H2,(H,21,23). The first-order valence-electron chi connectivity index (χ1n) is 7.14. The number of alkyl halides is 5. The summed E-state index contributed by atoms with van der Waals surface area (Å²) in [5.41, 5.74) is 0.488. The molecule has 134 valence electrons. The first-order valence-corrected chi connectivity index (χ1v) is 7.14. The fourth-order valence-electron chi connectivity index (χ4n) is 2.20. The number of pyridine rings is 1. The van der Waals surface area contributed by atoms with Crippen LogP contribution in [0.25, 0.3) is 0 Å². The van der Waals surface area contributed by atoms with Crippen LogP contribution in [-0.4, -0.2) is 54.1 Å². The van der Waals surface area contributed by atoms with E-state index in [4.69, 9.17) is 0 Å². The van der Waals surface area contributed by atoms with E-state index < -0.39 is 31.2 Å². The molecule has 1 fully saturated rings. The summed E-state index contributed by atoms with van der Waals surface area (Å²) in [6.45, 7) is -1.89. The van der Waals surface area contributed by atoms with Gasteiger partial charge in [-0.3, -0.25) is 9.69 Å². The molecular formula is C14H16F5N3O2.